The number of nitrogens with zero attached hydrogens (tertiary/aromatic N) is 1. The molecule has 1 unspecified atom stereocenters. The molecule has 1 aromatic carbocycles. The molecule has 0 saturated carbocycles. The van der Waals surface area contributed by atoms with E-state index in [1.165, 1.54) is 11.8 Å². The van der Waals surface area contributed by atoms with Crippen LogP contribution in [0.5, 0.6) is 0 Å². The fraction of sp³-hybridized carbons (Fsp3) is 0.450. The van der Waals surface area contributed by atoms with E-state index in [-0.39, 0.29) is 12.5 Å². The summed E-state index contributed by atoms with van der Waals surface area (Å²) < 4.78 is 5.21. The van der Waals surface area contributed by atoms with Crippen molar-refractivity contribution in [1.82, 2.24) is 10.2 Å². The van der Waals surface area contributed by atoms with E-state index in [1.807, 2.05) is 24.3 Å². The number of benzene rings is 1. The van der Waals surface area contributed by atoms with Crippen LogP contribution < -0.4 is 5.32 Å². The van der Waals surface area contributed by atoms with Crippen molar-refractivity contribution in [2.75, 3.05) is 13.1 Å². The molecule has 0 bridgehead atoms. The van der Waals surface area contributed by atoms with Gasteiger partial charge >= 0.3 is 0 Å². The average Bonchev–Trinajstić information content (AvgIpc) is 3.13. The van der Waals surface area contributed by atoms with Gasteiger partial charge in [0.2, 0.25) is 0 Å². The van der Waals surface area contributed by atoms with Crippen LogP contribution >= 0.6 is 0 Å². The van der Waals surface area contributed by atoms with Crippen LogP contribution in [0, 0.1) is 0 Å². The smallest absolute Gasteiger partial charge is 0.251 e. The second-order valence-electron chi connectivity index (χ2n) is 6.79. The summed E-state index contributed by atoms with van der Waals surface area (Å²) in [5.41, 5.74) is 0.513. The molecule has 25 heavy (non-hydrogen) atoms. The van der Waals surface area contributed by atoms with E-state index < -0.39 is 5.60 Å². The third-order valence-corrected chi connectivity index (χ3v) is 4.38. The first-order chi connectivity index (χ1) is 11.8. The molecule has 0 aliphatic rings. The molecule has 0 aliphatic carbocycles. The van der Waals surface area contributed by atoms with E-state index in [1.54, 1.807) is 19.1 Å². The van der Waals surface area contributed by atoms with Crippen LogP contribution in [0.25, 0.3) is 0 Å². The van der Waals surface area contributed by atoms with Gasteiger partial charge in [-0.2, -0.15) is 0 Å². The quantitative estimate of drug-likeness (QED) is 0.772. The van der Waals surface area contributed by atoms with Gasteiger partial charge in [0.15, 0.2) is 0 Å². The Hall–Kier alpha value is -2.11. The van der Waals surface area contributed by atoms with E-state index in [4.69, 9.17) is 4.42 Å². The molecule has 0 radical (unpaired) electrons. The van der Waals surface area contributed by atoms with Gasteiger partial charge in [0, 0.05) is 18.2 Å². The average molecular weight is 344 g/mol. The van der Waals surface area contributed by atoms with Gasteiger partial charge in [0.05, 0.1) is 12.8 Å². The molecule has 136 valence electrons. The van der Waals surface area contributed by atoms with Crippen molar-refractivity contribution in [2.24, 2.45) is 0 Å². The lowest BCUT2D eigenvalue weighted by molar-refractivity contribution is 0.0330. The first kappa shape index (κ1) is 19.2. The minimum atomic E-state index is -1.24. The number of carbonyl (C=O) groups is 1. The molecule has 0 saturated heterocycles. The highest BCUT2D eigenvalue weighted by atomic mass is 16.4. The van der Waals surface area contributed by atoms with Gasteiger partial charge in [-0.05, 0) is 57.1 Å². The Labute approximate surface area is 149 Å². The molecule has 5 heteroatoms. The van der Waals surface area contributed by atoms with E-state index in [2.05, 4.69) is 31.0 Å². The third kappa shape index (κ3) is 5.18. The Balaban J connectivity index is 1.94. The van der Waals surface area contributed by atoms with Crippen molar-refractivity contribution < 1.29 is 14.3 Å². The predicted octanol–water partition coefficient (Wildman–Crippen LogP) is 3.15. The number of furan rings is 1. The first-order valence-corrected chi connectivity index (χ1v) is 8.71. The summed E-state index contributed by atoms with van der Waals surface area (Å²) in [6.07, 6.45) is 1.50. The van der Waals surface area contributed by atoms with Crippen molar-refractivity contribution in [3.63, 3.8) is 0 Å². The van der Waals surface area contributed by atoms with Gasteiger partial charge < -0.3 is 14.8 Å². The number of aliphatic hydroxyl groups is 1. The normalized spacial score (nSPS) is 13.9. The van der Waals surface area contributed by atoms with Crippen molar-refractivity contribution in [2.45, 2.75) is 45.9 Å². The van der Waals surface area contributed by atoms with Crippen LogP contribution in [0.3, 0.4) is 0 Å². The summed E-state index contributed by atoms with van der Waals surface area (Å²) in [4.78, 5) is 14.7. The van der Waals surface area contributed by atoms with Crippen molar-refractivity contribution in [3.8, 4) is 0 Å². The van der Waals surface area contributed by atoms with Crippen molar-refractivity contribution >= 4 is 5.91 Å². The largest absolute Gasteiger partial charge is 0.466 e. The van der Waals surface area contributed by atoms with Crippen LogP contribution in [0.2, 0.25) is 0 Å². The molecule has 1 aromatic heterocycles. The van der Waals surface area contributed by atoms with Crippen LogP contribution in [-0.4, -0.2) is 35.0 Å². The summed E-state index contributed by atoms with van der Waals surface area (Å²) in [6, 6.07) is 11.5. The molecule has 2 rings (SSSR count). The lowest BCUT2D eigenvalue weighted by Gasteiger charge is -2.24. The predicted molar refractivity (Wildman–Crippen MR) is 98.3 cm³/mol. The molecule has 1 atom stereocenters. The molecule has 5 nitrogen and oxygen atoms in total. The minimum absolute atomic E-state index is 0.0814. The van der Waals surface area contributed by atoms with Gasteiger partial charge in [-0.3, -0.25) is 9.69 Å². The highest BCUT2D eigenvalue weighted by Crippen LogP contribution is 2.20. The monoisotopic (exact) mass is 344 g/mol. The summed E-state index contributed by atoms with van der Waals surface area (Å²) in [5, 5.41) is 13.1. The zero-order valence-corrected chi connectivity index (χ0v) is 15.5. The number of amides is 1. The molecular weight excluding hydrogens is 316 g/mol. The van der Waals surface area contributed by atoms with Gasteiger partial charge in [-0.15, -0.1) is 0 Å². The second-order valence-corrected chi connectivity index (χ2v) is 6.79. The van der Waals surface area contributed by atoms with Gasteiger partial charge in [-0.1, -0.05) is 19.1 Å². The van der Waals surface area contributed by atoms with E-state index in [9.17, 15) is 9.90 Å². The lowest BCUT2D eigenvalue weighted by Crippen LogP contribution is -2.38. The molecule has 2 N–H and O–H groups in total. The van der Waals surface area contributed by atoms with E-state index >= 15 is 0 Å². The first-order valence-electron chi connectivity index (χ1n) is 8.71. The SMILES string of the molecule is CCN(Cc1ccc(C(=O)NCC(C)(O)c2ccco2)cc1)C(C)C. The zero-order valence-electron chi connectivity index (χ0n) is 15.5. The Morgan fingerprint density at radius 2 is 1.96 bits per heavy atom. The molecule has 0 fully saturated rings. The summed E-state index contributed by atoms with van der Waals surface area (Å²) in [6.45, 7) is 10.0. The fourth-order valence-corrected chi connectivity index (χ4v) is 2.68. The highest BCUT2D eigenvalue weighted by molar-refractivity contribution is 5.94. The Kier molecular flexibility index (Phi) is 6.39. The van der Waals surface area contributed by atoms with Crippen LogP contribution in [0.1, 0.15) is 49.4 Å². The summed E-state index contributed by atoms with van der Waals surface area (Å²) in [5.74, 6) is 0.214. The van der Waals surface area contributed by atoms with Crippen LogP contribution in [0.4, 0.5) is 0 Å². The number of hydrogen-bond acceptors (Lipinski definition) is 4. The number of hydrogen-bond donors (Lipinski definition) is 2. The van der Waals surface area contributed by atoms with E-state index in [0.29, 0.717) is 17.4 Å². The molecular formula is C20H28N2O3. The maximum atomic E-state index is 12.3. The van der Waals surface area contributed by atoms with Crippen LogP contribution in [-0.2, 0) is 12.1 Å². The van der Waals surface area contributed by atoms with E-state index in [0.717, 1.165) is 13.1 Å². The summed E-state index contributed by atoms with van der Waals surface area (Å²) in [7, 11) is 0. The Bertz CT molecular complexity index is 661. The minimum Gasteiger partial charge on any atom is -0.466 e. The maximum absolute atomic E-state index is 12.3. The maximum Gasteiger partial charge on any atom is 0.251 e. The molecule has 0 spiro atoms. The van der Waals surface area contributed by atoms with Gasteiger partial charge in [0.1, 0.15) is 11.4 Å². The Morgan fingerprint density at radius 1 is 1.28 bits per heavy atom. The molecule has 1 amide bonds. The highest BCUT2D eigenvalue weighted by Gasteiger charge is 2.26. The van der Waals surface area contributed by atoms with Gasteiger partial charge in [0.25, 0.3) is 5.91 Å². The van der Waals surface area contributed by atoms with Crippen molar-refractivity contribution in [3.05, 3.63) is 59.5 Å². The summed E-state index contributed by atoms with van der Waals surface area (Å²) >= 11 is 0. The topological polar surface area (TPSA) is 65.7 Å². The molecule has 2 aromatic rings. The van der Waals surface area contributed by atoms with Crippen LogP contribution in [0.15, 0.2) is 47.1 Å². The molecule has 0 aliphatic heterocycles. The number of rotatable bonds is 8. The van der Waals surface area contributed by atoms with Crippen molar-refractivity contribution in [1.29, 1.82) is 0 Å². The Morgan fingerprint density at radius 3 is 2.48 bits per heavy atom. The lowest BCUT2D eigenvalue weighted by atomic mass is 10.0. The molecule has 1 heterocycles. The fourth-order valence-electron chi connectivity index (χ4n) is 2.68. The van der Waals surface area contributed by atoms with Gasteiger partial charge in [-0.25, -0.2) is 0 Å². The third-order valence-electron chi connectivity index (χ3n) is 4.38. The zero-order chi connectivity index (χ0) is 18.4. The standard InChI is InChI=1S/C20H28N2O3/c1-5-22(15(2)3)13-16-8-10-17(11-9-16)19(23)21-14-20(4,24)18-7-6-12-25-18/h6-12,15,24H,5,13-14H2,1-4H3,(H,21,23). The second kappa shape index (κ2) is 8.32. The number of carbonyl (C=O) groups excluding carboxylic acids is 1. The number of nitrogens with one attached hydrogen (secondary N) is 1.